The number of ether oxygens (including phenoxy) is 1. The fourth-order valence-corrected chi connectivity index (χ4v) is 10.0. The largest absolute Gasteiger partial charge is 0.381 e. The number of hydrogen-bond donors (Lipinski definition) is 0. The molecule has 0 bridgehead atoms. The van der Waals surface area contributed by atoms with Crippen molar-refractivity contribution in [3.05, 3.63) is 23.3 Å². The molecule has 0 spiro atoms. The van der Waals surface area contributed by atoms with Gasteiger partial charge in [-0.1, -0.05) is 141 Å². The highest BCUT2D eigenvalue weighted by Crippen LogP contribution is 2.38. The van der Waals surface area contributed by atoms with Gasteiger partial charge in [0.15, 0.2) is 0 Å². The van der Waals surface area contributed by atoms with Gasteiger partial charge in [-0.15, -0.1) is 0 Å². The highest BCUT2D eigenvalue weighted by molar-refractivity contribution is 5.07. The maximum absolute atomic E-state index is 6.08. The normalized spacial score (nSPS) is 29.6. The van der Waals surface area contributed by atoms with Crippen LogP contribution in [0.3, 0.4) is 0 Å². The maximum Gasteiger partial charge on any atom is 0.0469 e. The number of allylic oxidation sites excluding steroid dienone is 4. The lowest BCUT2D eigenvalue weighted by atomic mass is 9.76. The standard InChI is InChI=1S/C44H78O/c1-35(2)33-43-27-23-39(24-28-43)11-5-9-37-15-19-41(20-16-37)13-7-31-45-32-8-14-42-21-17-38(18-22-42)10-6-12-40-25-29-44(30-26-40)34-36(3)4/h19,21,35-40,43-44H,5-18,20,22-34H2,1-4H3. The third-order valence-electron chi connectivity index (χ3n) is 12.8. The zero-order valence-electron chi connectivity index (χ0n) is 31.0. The van der Waals surface area contributed by atoms with Gasteiger partial charge in [0.05, 0.1) is 0 Å². The molecule has 2 fully saturated rings. The first-order valence-electron chi connectivity index (χ1n) is 20.9. The van der Waals surface area contributed by atoms with Crippen molar-refractivity contribution in [2.45, 2.75) is 195 Å². The molecule has 1 heteroatoms. The Kier molecular flexibility index (Phi) is 17.7. The van der Waals surface area contributed by atoms with Gasteiger partial charge in [0.1, 0.15) is 0 Å². The van der Waals surface area contributed by atoms with E-state index >= 15 is 0 Å². The number of hydrogen-bond acceptors (Lipinski definition) is 1. The molecule has 1 nitrogen and oxygen atoms in total. The lowest BCUT2D eigenvalue weighted by Crippen LogP contribution is -2.16. The fraction of sp³-hybridized carbons (Fsp3) is 0.909. The lowest BCUT2D eigenvalue weighted by molar-refractivity contribution is 0.129. The summed E-state index contributed by atoms with van der Waals surface area (Å²) in [5.74, 6) is 7.88. The molecule has 0 heterocycles. The van der Waals surface area contributed by atoms with Crippen LogP contribution in [0.15, 0.2) is 23.3 Å². The van der Waals surface area contributed by atoms with Crippen molar-refractivity contribution >= 4 is 0 Å². The Labute approximate surface area is 282 Å². The van der Waals surface area contributed by atoms with E-state index in [9.17, 15) is 0 Å². The Hall–Kier alpha value is -0.560. The summed E-state index contributed by atoms with van der Waals surface area (Å²) in [5, 5.41) is 0. The summed E-state index contributed by atoms with van der Waals surface area (Å²) in [7, 11) is 0. The van der Waals surface area contributed by atoms with Crippen molar-refractivity contribution in [1.82, 2.24) is 0 Å². The summed E-state index contributed by atoms with van der Waals surface area (Å²) >= 11 is 0. The first kappa shape index (κ1) is 37.3. The van der Waals surface area contributed by atoms with Crippen LogP contribution >= 0.6 is 0 Å². The zero-order valence-corrected chi connectivity index (χ0v) is 31.0. The molecule has 0 aromatic rings. The average molecular weight is 623 g/mol. The average Bonchev–Trinajstić information content (AvgIpc) is 3.03. The fourth-order valence-electron chi connectivity index (χ4n) is 10.0. The van der Waals surface area contributed by atoms with E-state index in [1.807, 2.05) is 0 Å². The molecule has 4 aliphatic rings. The van der Waals surface area contributed by atoms with Crippen LogP contribution in [0.25, 0.3) is 0 Å². The summed E-state index contributed by atoms with van der Waals surface area (Å²) in [6, 6.07) is 0. The van der Waals surface area contributed by atoms with Crippen molar-refractivity contribution in [1.29, 1.82) is 0 Å². The van der Waals surface area contributed by atoms with Crippen molar-refractivity contribution < 1.29 is 4.74 Å². The van der Waals surface area contributed by atoms with Crippen LogP contribution in [0.5, 0.6) is 0 Å². The molecule has 0 saturated heterocycles. The summed E-state index contributed by atoms with van der Waals surface area (Å²) < 4.78 is 6.08. The van der Waals surface area contributed by atoms with Gasteiger partial charge in [-0.3, -0.25) is 0 Å². The predicted molar refractivity (Wildman–Crippen MR) is 198 cm³/mol. The molecule has 0 radical (unpaired) electrons. The molecule has 260 valence electrons. The monoisotopic (exact) mass is 623 g/mol. The minimum atomic E-state index is 0.889. The second-order valence-corrected chi connectivity index (χ2v) is 17.7. The van der Waals surface area contributed by atoms with Gasteiger partial charge >= 0.3 is 0 Å². The Balaban J connectivity index is 0.927. The van der Waals surface area contributed by atoms with Crippen LogP contribution in [0, 0.1) is 47.3 Å². The second kappa shape index (κ2) is 21.4. The van der Waals surface area contributed by atoms with E-state index in [-0.39, 0.29) is 0 Å². The van der Waals surface area contributed by atoms with Crippen molar-refractivity contribution in [3.8, 4) is 0 Å². The van der Waals surface area contributed by atoms with Gasteiger partial charge in [0.25, 0.3) is 0 Å². The van der Waals surface area contributed by atoms with Crippen LogP contribution in [0.4, 0.5) is 0 Å². The summed E-state index contributed by atoms with van der Waals surface area (Å²) in [5.41, 5.74) is 3.46. The zero-order chi connectivity index (χ0) is 31.7. The second-order valence-electron chi connectivity index (χ2n) is 17.7. The molecule has 45 heavy (non-hydrogen) atoms. The number of rotatable bonds is 20. The van der Waals surface area contributed by atoms with E-state index in [1.54, 1.807) is 11.1 Å². The minimum absolute atomic E-state index is 0.889. The Bertz CT molecular complexity index is 750. The maximum atomic E-state index is 6.08. The molecule has 2 unspecified atom stereocenters. The molecule has 0 N–H and O–H groups in total. The molecule has 4 aliphatic carbocycles. The van der Waals surface area contributed by atoms with E-state index in [4.69, 9.17) is 4.74 Å². The molecule has 2 atom stereocenters. The molecule has 4 rings (SSSR count). The van der Waals surface area contributed by atoms with E-state index in [0.717, 1.165) is 60.6 Å². The summed E-state index contributed by atoms with van der Waals surface area (Å²) in [6.45, 7) is 11.5. The van der Waals surface area contributed by atoms with Gasteiger partial charge in [0, 0.05) is 13.2 Å². The van der Waals surface area contributed by atoms with Gasteiger partial charge in [-0.05, 0) is 124 Å². The van der Waals surface area contributed by atoms with E-state index < -0.39 is 0 Å². The first-order valence-corrected chi connectivity index (χ1v) is 20.9. The lowest BCUT2D eigenvalue weighted by Gasteiger charge is -2.30. The highest BCUT2D eigenvalue weighted by atomic mass is 16.5. The predicted octanol–water partition coefficient (Wildman–Crippen LogP) is 14.1. The van der Waals surface area contributed by atoms with E-state index in [0.29, 0.717) is 0 Å². The van der Waals surface area contributed by atoms with Crippen LogP contribution in [-0.2, 0) is 4.74 Å². The summed E-state index contributed by atoms with van der Waals surface area (Å²) in [6.07, 6.45) is 42.6. The quantitative estimate of drug-likeness (QED) is 0.0969. The molecule has 2 saturated carbocycles. The third kappa shape index (κ3) is 15.5. The van der Waals surface area contributed by atoms with E-state index in [1.165, 1.54) is 167 Å². The van der Waals surface area contributed by atoms with Crippen LogP contribution in [-0.4, -0.2) is 13.2 Å². The van der Waals surface area contributed by atoms with Crippen LogP contribution in [0.1, 0.15) is 195 Å². The van der Waals surface area contributed by atoms with Crippen LogP contribution in [0.2, 0.25) is 0 Å². The minimum Gasteiger partial charge on any atom is -0.381 e. The van der Waals surface area contributed by atoms with E-state index in [2.05, 4.69) is 39.8 Å². The van der Waals surface area contributed by atoms with Gasteiger partial charge in [-0.2, -0.15) is 0 Å². The van der Waals surface area contributed by atoms with Crippen molar-refractivity contribution in [3.63, 3.8) is 0 Å². The molecular formula is C44H78O. The van der Waals surface area contributed by atoms with Gasteiger partial charge in [0.2, 0.25) is 0 Å². The molecule has 0 aromatic carbocycles. The first-order chi connectivity index (χ1) is 21.9. The van der Waals surface area contributed by atoms with Gasteiger partial charge in [-0.25, -0.2) is 0 Å². The Morgan fingerprint density at radius 3 is 1.22 bits per heavy atom. The molecule has 0 aromatic heterocycles. The van der Waals surface area contributed by atoms with Crippen LogP contribution < -0.4 is 0 Å². The third-order valence-corrected chi connectivity index (χ3v) is 12.8. The topological polar surface area (TPSA) is 9.23 Å². The Morgan fingerprint density at radius 1 is 0.489 bits per heavy atom. The SMILES string of the molecule is CC(C)CC1CCC(CCCC2CC=C(CCCOCCCC3=CCC(CCCC4CCC(CC(C)C)CC4)CC3)CC2)CC1. The van der Waals surface area contributed by atoms with Crippen molar-refractivity contribution in [2.24, 2.45) is 47.3 Å². The molecule has 0 amide bonds. The Morgan fingerprint density at radius 2 is 0.867 bits per heavy atom. The molecular weight excluding hydrogens is 544 g/mol. The van der Waals surface area contributed by atoms with Gasteiger partial charge < -0.3 is 4.74 Å². The van der Waals surface area contributed by atoms with Crippen molar-refractivity contribution in [2.75, 3.05) is 13.2 Å². The highest BCUT2D eigenvalue weighted by Gasteiger charge is 2.24. The smallest absolute Gasteiger partial charge is 0.0469 e. The molecule has 0 aliphatic heterocycles. The summed E-state index contributed by atoms with van der Waals surface area (Å²) in [4.78, 5) is 0.